The molecule has 120 valence electrons. The first-order valence-corrected chi connectivity index (χ1v) is 6.87. The normalized spacial score (nSPS) is 16.6. The number of carbonyl (C=O) groups is 2. The van der Waals surface area contributed by atoms with Crippen LogP contribution in [0.4, 0.5) is 4.79 Å². The first kappa shape index (κ1) is 15.8. The molecule has 1 fully saturated rings. The van der Waals surface area contributed by atoms with Crippen LogP contribution in [0, 0.1) is 0 Å². The van der Waals surface area contributed by atoms with Crippen LogP contribution in [0.5, 0.6) is 0 Å². The van der Waals surface area contributed by atoms with Gasteiger partial charge in [0.2, 0.25) is 0 Å². The number of nitrogens with one attached hydrogen (secondary N) is 2. The number of H-pyrrole nitrogens is 1. The average Bonchev–Trinajstić information content (AvgIpc) is 2.98. The minimum absolute atomic E-state index is 0.0528. The van der Waals surface area contributed by atoms with Gasteiger partial charge in [0.15, 0.2) is 0 Å². The highest BCUT2D eigenvalue weighted by atomic mass is 16.6. The van der Waals surface area contributed by atoms with Gasteiger partial charge in [-0.1, -0.05) is 0 Å². The molecule has 9 heteroatoms. The molecule has 0 atom stereocenters. The van der Waals surface area contributed by atoms with Crippen molar-refractivity contribution in [3.8, 4) is 0 Å². The van der Waals surface area contributed by atoms with Gasteiger partial charge in [-0.2, -0.15) is 0 Å². The molecule has 0 spiro atoms. The Morgan fingerprint density at radius 1 is 1.50 bits per heavy atom. The van der Waals surface area contributed by atoms with Crippen molar-refractivity contribution in [2.75, 3.05) is 13.1 Å². The number of hydrogen-bond donors (Lipinski definition) is 3. The highest BCUT2D eigenvalue weighted by Crippen LogP contribution is 2.07. The van der Waals surface area contributed by atoms with Crippen LogP contribution in [0.1, 0.15) is 26.5 Å². The SMILES string of the molecule is CC(C)(C)O/C(O)=[NH+]\N1C(=O)CN(CCc2cnc[nH]2)C1=O. The van der Waals surface area contributed by atoms with Gasteiger partial charge in [-0.25, -0.2) is 9.78 Å². The van der Waals surface area contributed by atoms with Gasteiger partial charge in [0.1, 0.15) is 12.1 Å². The van der Waals surface area contributed by atoms with Crippen LogP contribution in [0.2, 0.25) is 0 Å². The first-order chi connectivity index (χ1) is 10.3. The van der Waals surface area contributed by atoms with Crippen LogP contribution in [0.3, 0.4) is 0 Å². The fourth-order valence-corrected chi connectivity index (χ4v) is 1.92. The van der Waals surface area contributed by atoms with Crippen LogP contribution in [-0.4, -0.2) is 61.7 Å². The van der Waals surface area contributed by atoms with E-state index in [-0.39, 0.29) is 6.54 Å². The van der Waals surface area contributed by atoms with Gasteiger partial charge in [0.25, 0.3) is 0 Å². The van der Waals surface area contributed by atoms with E-state index < -0.39 is 23.6 Å². The summed E-state index contributed by atoms with van der Waals surface area (Å²) in [6.07, 6.45) is 3.18. The van der Waals surface area contributed by atoms with Crippen molar-refractivity contribution in [1.29, 1.82) is 0 Å². The Morgan fingerprint density at radius 3 is 2.82 bits per heavy atom. The summed E-state index contributed by atoms with van der Waals surface area (Å²) in [5.74, 6) is -0.460. The van der Waals surface area contributed by atoms with E-state index in [2.05, 4.69) is 15.1 Å². The fraction of sp³-hybridized carbons (Fsp3) is 0.538. The number of imide groups is 1. The number of aromatic nitrogens is 2. The van der Waals surface area contributed by atoms with Crippen molar-refractivity contribution in [1.82, 2.24) is 19.9 Å². The number of hydrogen-bond acceptors (Lipinski definition) is 4. The maximum Gasteiger partial charge on any atom is 0.575 e. The number of aromatic amines is 1. The Balaban J connectivity index is 1.97. The summed E-state index contributed by atoms with van der Waals surface area (Å²) >= 11 is 0. The van der Waals surface area contributed by atoms with Gasteiger partial charge >= 0.3 is 18.0 Å². The molecule has 1 aliphatic heterocycles. The minimum atomic E-state index is -0.650. The molecule has 0 bridgehead atoms. The zero-order chi connectivity index (χ0) is 16.3. The predicted octanol–water partition coefficient (Wildman–Crippen LogP) is -1.06. The van der Waals surface area contributed by atoms with E-state index in [0.29, 0.717) is 13.0 Å². The maximum absolute atomic E-state index is 12.1. The van der Waals surface area contributed by atoms with E-state index in [9.17, 15) is 14.7 Å². The monoisotopic (exact) mass is 310 g/mol. The molecule has 0 aromatic carbocycles. The molecule has 1 aromatic rings. The number of urea groups is 1. The predicted molar refractivity (Wildman–Crippen MR) is 75.5 cm³/mol. The van der Waals surface area contributed by atoms with Crippen molar-refractivity contribution in [2.24, 2.45) is 0 Å². The molecule has 9 nitrogen and oxygen atoms in total. The molecule has 2 heterocycles. The van der Waals surface area contributed by atoms with E-state index >= 15 is 0 Å². The summed E-state index contributed by atoms with van der Waals surface area (Å²) < 4.78 is 5.13. The zero-order valence-electron chi connectivity index (χ0n) is 12.8. The lowest BCUT2D eigenvalue weighted by atomic mass is 10.2. The van der Waals surface area contributed by atoms with Crippen LogP contribution in [0.25, 0.3) is 0 Å². The molecular formula is C13H20N5O4+. The molecule has 1 aromatic heterocycles. The van der Waals surface area contributed by atoms with E-state index in [4.69, 9.17) is 4.74 Å². The molecule has 3 N–H and O–H groups in total. The Labute approximate surface area is 127 Å². The molecule has 1 saturated heterocycles. The van der Waals surface area contributed by atoms with Gasteiger partial charge in [-0.3, -0.25) is 4.79 Å². The lowest BCUT2D eigenvalue weighted by Gasteiger charge is -2.16. The third-order valence-corrected chi connectivity index (χ3v) is 2.85. The average molecular weight is 310 g/mol. The van der Waals surface area contributed by atoms with E-state index in [1.165, 1.54) is 4.90 Å². The third kappa shape index (κ3) is 3.96. The fourth-order valence-electron chi connectivity index (χ4n) is 1.92. The van der Waals surface area contributed by atoms with Gasteiger partial charge in [0.05, 0.1) is 6.33 Å². The molecule has 22 heavy (non-hydrogen) atoms. The second kappa shape index (κ2) is 6.04. The summed E-state index contributed by atoms with van der Waals surface area (Å²) in [5, 5.41) is 12.7. The standard InChI is InChI=1S/C13H19N5O4/c1-13(2,3)22-11(20)16-18-10(19)7-17(12(18)21)5-4-9-6-14-8-15-9/h6,8H,4-5,7H2,1-3H3,(H,14,15)(H,16,20)/p+1. The molecule has 0 radical (unpaired) electrons. The highest BCUT2D eigenvalue weighted by molar-refractivity contribution is 6.00. The Kier molecular flexibility index (Phi) is 4.34. The van der Waals surface area contributed by atoms with Crippen molar-refractivity contribution in [2.45, 2.75) is 32.8 Å². The number of aliphatic hydroxyl groups excluding tert-OH is 1. The number of hydrazine groups is 1. The zero-order valence-corrected chi connectivity index (χ0v) is 12.8. The van der Waals surface area contributed by atoms with E-state index in [1.54, 1.807) is 33.3 Å². The van der Waals surface area contributed by atoms with Crippen molar-refractivity contribution < 1.29 is 24.5 Å². The topological polar surface area (TPSA) is 113 Å². The quantitative estimate of drug-likeness (QED) is 0.373. The Bertz CT molecular complexity index is 576. The largest absolute Gasteiger partial charge is 0.575 e. The van der Waals surface area contributed by atoms with Crippen LogP contribution in [0.15, 0.2) is 12.5 Å². The summed E-state index contributed by atoms with van der Waals surface area (Å²) in [6.45, 7) is 5.51. The van der Waals surface area contributed by atoms with Crippen LogP contribution >= 0.6 is 0 Å². The van der Waals surface area contributed by atoms with Crippen LogP contribution in [-0.2, 0) is 16.0 Å². The second-order valence-electron chi connectivity index (χ2n) is 5.89. The molecule has 0 aliphatic carbocycles. The summed E-state index contributed by atoms with van der Waals surface area (Å²) in [4.78, 5) is 32.2. The first-order valence-electron chi connectivity index (χ1n) is 6.87. The second-order valence-corrected chi connectivity index (χ2v) is 5.89. The summed E-state index contributed by atoms with van der Waals surface area (Å²) in [6, 6.07) is -0.534. The van der Waals surface area contributed by atoms with Crippen LogP contribution < -0.4 is 5.10 Å². The van der Waals surface area contributed by atoms with E-state index in [0.717, 1.165) is 10.7 Å². The number of nitrogens with zero attached hydrogens (tertiary/aromatic N) is 3. The smallest absolute Gasteiger partial charge is 0.428 e. The molecule has 2 rings (SSSR count). The van der Waals surface area contributed by atoms with Crippen molar-refractivity contribution in [3.63, 3.8) is 0 Å². The summed E-state index contributed by atoms with van der Waals surface area (Å²) in [5.41, 5.74) is 0.223. The number of rotatable bonds is 4. The lowest BCUT2D eigenvalue weighted by molar-refractivity contribution is -0.614. The Morgan fingerprint density at radius 2 is 2.23 bits per heavy atom. The van der Waals surface area contributed by atoms with E-state index in [1.807, 2.05) is 0 Å². The van der Waals surface area contributed by atoms with Gasteiger partial charge in [-0.05, 0) is 30.9 Å². The number of carbonyl (C=O) groups excluding carboxylic acids is 2. The third-order valence-electron chi connectivity index (χ3n) is 2.85. The number of hydrazone groups is 1. The molecule has 0 saturated carbocycles. The van der Waals surface area contributed by atoms with Gasteiger partial charge in [0, 0.05) is 24.9 Å². The molecular weight excluding hydrogens is 290 g/mol. The minimum Gasteiger partial charge on any atom is -0.428 e. The number of imidazole rings is 1. The molecule has 3 amide bonds. The highest BCUT2D eigenvalue weighted by Gasteiger charge is 2.41. The number of aliphatic hydroxyl groups is 1. The van der Waals surface area contributed by atoms with Crippen molar-refractivity contribution >= 4 is 18.0 Å². The van der Waals surface area contributed by atoms with Crippen molar-refractivity contribution in [3.05, 3.63) is 18.2 Å². The molecule has 1 aliphatic rings. The summed E-state index contributed by atoms with van der Waals surface area (Å²) in [7, 11) is 0. The molecule has 0 unspecified atom stereocenters. The number of amides is 3. The maximum atomic E-state index is 12.1. The van der Waals surface area contributed by atoms with Gasteiger partial charge in [-0.15, -0.1) is 0 Å². The van der Waals surface area contributed by atoms with Gasteiger partial charge < -0.3 is 19.7 Å². The number of ether oxygens (including phenoxy) is 1. The Hall–Kier alpha value is -2.58. The lowest BCUT2D eigenvalue weighted by Crippen LogP contribution is -2.86.